The van der Waals surface area contributed by atoms with Gasteiger partial charge in [0.1, 0.15) is 5.56 Å². The number of carbonyl (C=O) groups is 1. The van der Waals surface area contributed by atoms with Crippen molar-refractivity contribution in [2.75, 3.05) is 6.61 Å². The minimum Gasteiger partial charge on any atom is -0.462 e. The van der Waals surface area contributed by atoms with E-state index in [1.54, 1.807) is 0 Å². The summed E-state index contributed by atoms with van der Waals surface area (Å²) >= 11 is 0. The molecule has 0 aromatic carbocycles. The summed E-state index contributed by atoms with van der Waals surface area (Å²) in [6.07, 6.45) is -2.61. The van der Waals surface area contributed by atoms with Crippen LogP contribution < -0.4 is 0 Å². The molecular weight excluding hydrogens is 289 g/mol. The number of halogens is 3. The fourth-order valence-electron chi connectivity index (χ4n) is 2.58. The molecule has 1 aliphatic rings. The zero-order valence-corrected chi connectivity index (χ0v) is 11.6. The molecule has 0 radical (unpaired) electrons. The highest BCUT2D eigenvalue weighted by Crippen LogP contribution is 2.37. The van der Waals surface area contributed by atoms with E-state index in [2.05, 4.69) is 9.84 Å². The van der Waals surface area contributed by atoms with Gasteiger partial charge in [0.05, 0.1) is 24.9 Å². The van der Waals surface area contributed by atoms with Gasteiger partial charge in [-0.05, 0) is 32.6 Å². The molecule has 0 aliphatic heterocycles. The Bertz CT molecular complexity index is 505. The highest BCUT2D eigenvalue weighted by atomic mass is 19.4. The van der Waals surface area contributed by atoms with Gasteiger partial charge in [0.2, 0.25) is 0 Å². The third-order valence-corrected chi connectivity index (χ3v) is 3.57. The quantitative estimate of drug-likeness (QED) is 0.872. The van der Waals surface area contributed by atoms with Crippen molar-refractivity contribution in [2.24, 2.45) is 0 Å². The van der Waals surface area contributed by atoms with Gasteiger partial charge in [0.25, 0.3) is 0 Å². The van der Waals surface area contributed by atoms with Crippen LogP contribution in [0.1, 0.15) is 54.7 Å². The van der Waals surface area contributed by atoms with Crippen LogP contribution in [0, 0.1) is 0 Å². The first-order valence-electron chi connectivity index (χ1n) is 6.84. The van der Waals surface area contributed by atoms with E-state index in [0.717, 1.165) is 10.9 Å². The van der Waals surface area contributed by atoms with E-state index < -0.39 is 35.5 Å². The number of aliphatic hydroxyl groups is 1. The zero-order valence-electron chi connectivity index (χ0n) is 11.6. The van der Waals surface area contributed by atoms with E-state index in [4.69, 9.17) is 0 Å². The van der Waals surface area contributed by atoms with E-state index >= 15 is 0 Å². The number of hydrogen-bond donors (Lipinski definition) is 1. The Hall–Kier alpha value is -1.57. The van der Waals surface area contributed by atoms with Crippen LogP contribution >= 0.6 is 0 Å². The second-order valence-corrected chi connectivity index (χ2v) is 5.03. The zero-order chi connectivity index (χ0) is 15.6. The maximum absolute atomic E-state index is 13.3. The van der Waals surface area contributed by atoms with Gasteiger partial charge < -0.3 is 9.84 Å². The fourth-order valence-corrected chi connectivity index (χ4v) is 2.58. The van der Waals surface area contributed by atoms with Crippen LogP contribution in [0.25, 0.3) is 0 Å². The van der Waals surface area contributed by atoms with Crippen molar-refractivity contribution < 1.29 is 27.8 Å². The van der Waals surface area contributed by atoms with Crippen molar-refractivity contribution >= 4 is 5.97 Å². The van der Waals surface area contributed by atoms with E-state index in [-0.39, 0.29) is 6.61 Å². The predicted molar refractivity (Wildman–Crippen MR) is 66.7 cm³/mol. The molecule has 0 unspecified atom stereocenters. The molecule has 1 saturated carbocycles. The topological polar surface area (TPSA) is 64.3 Å². The van der Waals surface area contributed by atoms with Gasteiger partial charge in [0, 0.05) is 0 Å². The van der Waals surface area contributed by atoms with Gasteiger partial charge in [0.15, 0.2) is 5.69 Å². The van der Waals surface area contributed by atoms with Gasteiger partial charge in [-0.25, -0.2) is 4.79 Å². The Balaban J connectivity index is 2.36. The molecule has 2 rings (SSSR count). The van der Waals surface area contributed by atoms with Crippen LogP contribution in [0.4, 0.5) is 13.2 Å². The molecule has 8 heteroatoms. The molecular formula is C13H17F3N2O3. The van der Waals surface area contributed by atoms with Crippen molar-refractivity contribution in [1.82, 2.24) is 9.78 Å². The largest absolute Gasteiger partial charge is 0.462 e. The van der Waals surface area contributed by atoms with E-state index in [9.17, 15) is 23.1 Å². The first-order chi connectivity index (χ1) is 9.84. The van der Waals surface area contributed by atoms with Crippen molar-refractivity contribution in [1.29, 1.82) is 0 Å². The lowest BCUT2D eigenvalue weighted by atomic mass is 9.93. The van der Waals surface area contributed by atoms with Crippen LogP contribution in [0.3, 0.4) is 0 Å². The summed E-state index contributed by atoms with van der Waals surface area (Å²) in [5.41, 5.74) is -1.63. The first kappa shape index (κ1) is 15.8. The summed E-state index contributed by atoms with van der Waals surface area (Å²) in [5.74, 6) is -1.02. The molecule has 1 fully saturated rings. The minimum absolute atomic E-state index is 0.00304. The standard InChI is InChI=1S/C13H17F3N2O3/c1-2-21-12(20)10-7-17-18(11(10)13(14,15)16)8-3-5-9(19)6-4-8/h7-9,19H,2-6H2,1H3/t8-,9+. The van der Waals surface area contributed by atoms with E-state index in [1.165, 1.54) is 6.92 Å². The second kappa shape index (κ2) is 6.05. The molecule has 1 aliphatic carbocycles. The highest BCUT2D eigenvalue weighted by molar-refractivity contribution is 5.90. The average molecular weight is 306 g/mol. The van der Waals surface area contributed by atoms with Gasteiger partial charge in [-0.15, -0.1) is 0 Å². The van der Waals surface area contributed by atoms with Crippen LogP contribution in [0.2, 0.25) is 0 Å². The molecule has 1 N–H and O–H groups in total. The van der Waals surface area contributed by atoms with Gasteiger partial charge >= 0.3 is 12.1 Å². The molecule has 0 saturated heterocycles. The maximum Gasteiger partial charge on any atom is 0.433 e. The number of hydrogen-bond acceptors (Lipinski definition) is 4. The number of aliphatic hydroxyl groups excluding tert-OH is 1. The van der Waals surface area contributed by atoms with Crippen molar-refractivity contribution in [2.45, 2.75) is 50.9 Å². The summed E-state index contributed by atoms with van der Waals surface area (Å²) in [5, 5.41) is 13.2. The summed E-state index contributed by atoms with van der Waals surface area (Å²) in [7, 11) is 0. The highest BCUT2D eigenvalue weighted by Gasteiger charge is 2.42. The molecule has 118 valence electrons. The number of alkyl halides is 3. The van der Waals surface area contributed by atoms with Gasteiger partial charge in [-0.2, -0.15) is 18.3 Å². The molecule has 1 aromatic rings. The lowest BCUT2D eigenvalue weighted by Crippen LogP contribution is -2.26. The number of rotatable bonds is 3. The number of nitrogens with zero attached hydrogens (tertiary/aromatic N) is 2. The second-order valence-electron chi connectivity index (χ2n) is 5.03. The van der Waals surface area contributed by atoms with Gasteiger partial charge in [-0.3, -0.25) is 4.68 Å². The summed E-state index contributed by atoms with van der Waals surface area (Å²) in [6, 6.07) is -0.465. The summed E-state index contributed by atoms with van der Waals surface area (Å²) in [6.45, 7) is 1.52. The third kappa shape index (κ3) is 3.37. The van der Waals surface area contributed by atoms with Crippen molar-refractivity contribution in [3.05, 3.63) is 17.5 Å². The number of aromatic nitrogens is 2. The van der Waals surface area contributed by atoms with Crippen LogP contribution in [0.5, 0.6) is 0 Å². The van der Waals surface area contributed by atoms with Crippen LogP contribution in [-0.2, 0) is 10.9 Å². The van der Waals surface area contributed by atoms with Crippen molar-refractivity contribution in [3.63, 3.8) is 0 Å². The number of esters is 1. The monoisotopic (exact) mass is 306 g/mol. The Labute approximate surface area is 119 Å². The Kier molecular flexibility index (Phi) is 4.55. The lowest BCUT2D eigenvalue weighted by molar-refractivity contribution is -0.146. The molecule has 21 heavy (non-hydrogen) atoms. The Morgan fingerprint density at radius 3 is 2.57 bits per heavy atom. The first-order valence-corrected chi connectivity index (χ1v) is 6.84. The maximum atomic E-state index is 13.3. The number of carbonyl (C=O) groups excluding carboxylic acids is 1. The molecule has 0 atom stereocenters. The normalized spacial score (nSPS) is 23.1. The Morgan fingerprint density at radius 1 is 1.43 bits per heavy atom. The molecule has 0 amide bonds. The van der Waals surface area contributed by atoms with E-state index in [1.807, 2.05) is 0 Å². The van der Waals surface area contributed by atoms with E-state index in [0.29, 0.717) is 25.7 Å². The minimum atomic E-state index is -4.69. The fraction of sp³-hybridized carbons (Fsp3) is 0.692. The van der Waals surface area contributed by atoms with Crippen molar-refractivity contribution in [3.8, 4) is 0 Å². The SMILES string of the molecule is CCOC(=O)c1cnn([C@H]2CC[C@@H](O)CC2)c1C(F)(F)F. The molecule has 0 bridgehead atoms. The summed E-state index contributed by atoms with van der Waals surface area (Å²) in [4.78, 5) is 11.6. The summed E-state index contributed by atoms with van der Waals surface area (Å²) < 4.78 is 45.3. The van der Waals surface area contributed by atoms with Crippen LogP contribution in [-0.4, -0.2) is 33.6 Å². The van der Waals surface area contributed by atoms with Gasteiger partial charge in [-0.1, -0.05) is 0 Å². The molecule has 1 heterocycles. The smallest absolute Gasteiger partial charge is 0.433 e. The number of ether oxygens (including phenoxy) is 1. The molecule has 5 nitrogen and oxygen atoms in total. The Morgan fingerprint density at radius 2 is 2.05 bits per heavy atom. The predicted octanol–water partition coefficient (Wildman–Crippen LogP) is 2.55. The van der Waals surface area contributed by atoms with Crippen LogP contribution in [0.15, 0.2) is 6.20 Å². The lowest BCUT2D eigenvalue weighted by Gasteiger charge is -2.27. The molecule has 1 aromatic heterocycles. The molecule has 0 spiro atoms. The third-order valence-electron chi connectivity index (χ3n) is 3.57. The average Bonchev–Trinajstić information content (AvgIpc) is 2.84.